The Morgan fingerprint density at radius 2 is 2.21 bits per heavy atom. The third kappa shape index (κ3) is 3.51. The summed E-state index contributed by atoms with van der Waals surface area (Å²) in [5, 5.41) is 16.3. The summed E-state index contributed by atoms with van der Waals surface area (Å²) in [5.74, 6) is -1.09. The molecule has 0 radical (unpaired) electrons. The molecule has 0 aliphatic heterocycles. The molecular weight excluding hydrogens is 275 g/mol. The molecule has 0 atom stereocenters. The van der Waals surface area contributed by atoms with E-state index in [1.54, 1.807) is 0 Å². The highest BCUT2D eigenvalue weighted by Gasteiger charge is 2.13. The Hall–Kier alpha value is -1.95. The first-order valence-electron chi connectivity index (χ1n) is 5.56. The van der Waals surface area contributed by atoms with Crippen molar-refractivity contribution in [1.82, 2.24) is 10.2 Å². The number of aromatic nitrogens is 2. The van der Waals surface area contributed by atoms with Crippen molar-refractivity contribution in [1.29, 1.82) is 0 Å². The molecule has 1 heterocycles. The van der Waals surface area contributed by atoms with Gasteiger partial charge in [0.05, 0.1) is 5.56 Å². The quantitative estimate of drug-likeness (QED) is 0.913. The summed E-state index contributed by atoms with van der Waals surface area (Å²) in [6.45, 7) is 0. The molecule has 1 N–H and O–H groups in total. The predicted molar refractivity (Wildman–Crippen MR) is 65.3 cm³/mol. The van der Waals surface area contributed by atoms with Crippen molar-refractivity contribution in [3.8, 4) is 11.5 Å². The van der Waals surface area contributed by atoms with E-state index in [2.05, 4.69) is 10.2 Å². The molecule has 2 aromatic rings. The average molecular weight is 285 g/mol. The average Bonchev–Trinajstić information content (AvgIpc) is 2.80. The molecule has 0 fully saturated rings. The van der Waals surface area contributed by atoms with Crippen LogP contribution in [0.5, 0.6) is 0 Å². The van der Waals surface area contributed by atoms with Gasteiger partial charge in [0.25, 0.3) is 5.89 Å². The molecule has 0 spiro atoms. The van der Waals surface area contributed by atoms with E-state index in [0.29, 0.717) is 17.9 Å². The van der Waals surface area contributed by atoms with Crippen molar-refractivity contribution in [3.05, 3.63) is 34.9 Å². The topological polar surface area (TPSA) is 76.2 Å². The SMILES string of the molecule is O=C(O)CCCc1nnc(-c2cc(Cl)ccc2F)o1. The van der Waals surface area contributed by atoms with E-state index in [9.17, 15) is 9.18 Å². The number of rotatable bonds is 5. The second-order valence-electron chi connectivity index (χ2n) is 3.87. The first kappa shape index (κ1) is 13.5. The molecule has 1 aromatic heterocycles. The van der Waals surface area contributed by atoms with E-state index in [0.717, 1.165) is 0 Å². The highest BCUT2D eigenvalue weighted by molar-refractivity contribution is 6.30. The van der Waals surface area contributed by atoms with Crippen molar-refractivity contribution >= 4 is 17.6 Å². The van der Waals surface area contributed by atoms with Gasteiger partial charge in [0, 0.05) is 17.9 Å². The Labute approximate surface area is 113 Å². The molecule has 0 bridgehead atoms. The number of carboxylic acids is 1. The summed E-state index contributed by atoms with van der Waals surface area (Å²) in [5.41, 5.74) is 0.129. The third-order valence-corrected chi connectivity index (χ3v) is 2.64. The zero-order valence-electron chi connectivity index (χ0n) is 9.77. The van der Waals surface area contributed by atoms with Crippen LogP contribution in [-0.4, -0.2) is 21.3 Å². The fourth-order valence-corrected chi connectivity index (χ4v) is 1.69. The zero-order chi connectivity index (χ0) is 13.8. The Bertz CT molecular complexity index is 600. The van der Waals surface area contributed by atoms with Crippen molar-refractivity contribution in [2.45, 2.75) is 19.3 Å². The van der Waals surface area contributed by atoms with Crippen molar-refractivity contribution in [2.24, 2.45) is 0 Å². The zero-order valence-corrected chi connectivity index (χ0v) is 10.5. The predicted octanol–water partition coefficient (Wildman–Crippen LogP) is 2.94. The largest absolute Gasteiger partial charge is 0.481 e. The molecular formula is C12H10ClFN2O3. The minimum Gasteiger partial charge on any atom is -0.481 e. The number of carbonyl (C=O) groups is 1. The number of benzene rings is 1. The van der Waals surface area contributed by atoms with Gasteiger partial charge in [-0.05, 0) is 24.6 Å². The highest BCUT2D eigenvalue weighted by Crippen LogP contribution is 2.25. The van der Waals surface area contributed by atoms with Crippen molar-refractivity contribution < 1.29 is 18.7 Å². The van der Waals surface area contributed by atoms with Crippen molar-refractivity contribution in [3.63, 3.8) is 0 Å². The molecule has 0 saturated heterocycles. The van der Waals surface area contributed by atoms with Gasteiger partial charge in [-0.15, -0.1) is 10.2 Å². The van der Waals surface area contributed by atoms with Gasteiger partial charge in [0.15, 0.2) is 0 Å². The van der Waals surface area contributed by atoms with Crippen molar-refractivity contribution in [2.75, 3.05) is 0 Å². The summed E-state index contributed by atoms with van der Waals surface area (Å²) in [7, 11) is 0. The van der Waals surface area contributed by atoms with Crippen LogP contribution in [0.4, 0.5) is 4.39 Å². The molecule has 19 heavy (non-hydrogen) atoms. The van der Waals surface area contributed by atoms with E-state index in [1.807, 2.05) is 0 Å². The Morgan fingerprint density at radius 1 is 1.42 bits per heavy atom. The summed E-state index contributed by atoms with van der Waals surface area (Å²) in [4.78, 5) is 10.4. The van der Waals surface area contributed by atoms with Gasteiger partial charge in [-0.2, -0.15) is 0 Å². The first-order valence-corrected chi connectivity index (χ1v) is 5.93. The maximum Gasteiger partial charge on any atom is 0.303 e. The van der Waals surface area contributed by atoms with Gasteiger partial charge in [-0.1, -0.05) is 11.6 Å². The molecule has 2 rings (SSSR count). The fraction of sp³-hybridized carbons (Fsp3) is 0.250. The number of aryl methyl sites for hydroxylation is 1. The van der Waals surface area contributed by atoms with E-state index in [1.165, 1.54) is 18.2 Å². The van der Waals surface area contributed by atoms with Gasteiger partial charge < -0.3 is 9.52 Å². The monoisotopic (exact) mass is 284 g/mol. The second kappa shape index (κ2) is 5.79. The lowest BCUT2D eigenvalue weighted by Gasteiger charge is -1.98. The third-order valence-electron chi connectivity index (χ3n) is 2.41. The van der Waals surface area contributed by atoms with Crippen LogP contribution in [0.1, 0.15) is 18.7 Å². The normalized spacial score (nSPS) is 10.6. The molecule has 100 valence electrons. The number of hydrogen-bond acceptors (Lipinski definition) is 4. The van der Waals surface area contributed by atoms with Crippen LogP contribution in [0.3, 0.4) is 0 Å². The minimum absolute atomic E-state index is 0.0171. The second-order valence-corrected chi connectivity index (χ2v) is 4.31. The van der Waals surface area contributed by atoms with Crippen LogP contribution in [0, 0.1) is 5.82 Å². The number of halogens is 2. The Balaban J connectivity index is 2.12. The molecule has 0 aliphatic rings. The van der Waals surface area contributed by atoms with Gasteiger partial charge in [0.1, 0.15) is 5.82 Å². The van der Waals surface area contributed by atoms with Crippen LogP contribution in [0.15, 0.2) is 22.6 Å². The summed E-state index contributed by atoms with van der Waals surface area (Å²) >= 11 is 5.77. The van der Waals surface area contributed by atoms with E-state index >= 15 is 0 Å². The molecule has 0 aliphatic carbocycles. The van der Waals surface area contributed by atoms with E-state index in [4.69, 9.17) is 21.1 Å². The van der Waals surface area contributed by atoms with Crippen LogP contribution >= 0.6 is 11.6 Å². The lowest BCUT2D eigenvalue weighted by atomic mass is 10.2. The van der Waals surface area contributed by atoms with Gasteiger partial charge in [-0.25, -0.2) is 4.39 Å². The number of hydrogen-bond donors (Lipinski definition) is 1. The molecule has 0 saturated carbocycles. The van der Waals surface area contributed by atoms with E-state index in [-0.39, 0.29) is 23.8 Å². The molecule has 0 amide bonds. The molecule has 1 aromatic carbocycles. The van der Waals surface area contributed by atoms with Gasteiger partial charge in [0.2, 0.25) is 5.89 Å². The number of carboxylic acid groups (broad SMARTS) is 1. The van der Waals surface area contributed by atoms with Crippen LogP contribution in [0.2, 0.25) is 5.02 Å². The summed E-state index contributed by atoms with van der Waals surface area (Å²) < 4.78 is 18.8. The molecule has 7 heteroatoms. The van der Waals surface area contributed by atoms with Crippen LogP contribution in [-0.2, 0) is 11.2 Å². The highest BCUT2D eigenvalue weighted by atomic mass is 35.5. The summed E-state index contributed by atoms with van der Waals surface area (Å²) in [6.07, 6.45) is 0.736. The smallest absolute Gasteiger partial charge is 0.303 e. The van der Waals surface area contributed by atoms with Gasteiger partial charge >= 0.3 is 5.97 Å². The van der Waals surface area contributed by atoms with Gasteiger partial charge in [-0.3, -0.25) is 4.79 Å². The number of aliphatic carboxylic acids is 1. The lowest BCUT2D eigenvalue weighted by molar-refractivity contribution is -0.137. The Morgan fingerprint density at radius 3 is 2.95 bits per heavy atom. The minimum atomic E-state index is -0.888. The lowest BCUT2D eigenvalue weighted by Crippen LogP contribution is -1.95. The Kier molecular flexibility index (Phi) is 4.11. The van der Waals surface area contributed by atoms with Crippen LogP contribution < -0.4 is 0 Å². The van der Waals surface area contributed by atoms with E-state index < -0.39 is 11.8 Å². The number of nitrogens with zero attached hydrogens (tertiary/aromatic N) is 2. The molecule has 5 nitrogen and oxygen atoms in total. The fourth-order valence-electron chi connectivity index (χ4n) is 1.52. The maximum atomic E-state index is 13.6. The molecule has 0 unspecified atom stereocenters. The maximum absolute atomic E-state index is 13.6. The summed E-state index contributed by atoms with van der Waals surface area (Å²) in [6, 6.07) is 4.03. The standard InChI is InChI=1S/C12H10ClFN2O3/c13-7-4-5-9(14)8(6-7)12-16-15-10(19-12)2-1-3-11(17)18/h4-6H,1-3H2,(H,17,18). The van der Waals surface area contributed by atoms with Crippen LogP contribution in [0.25, 0.3) is 11.5 Å². The first-order chi connectivity index (χ1) is 9.06.